The fourth-order valence-corrected chi connectivity index (χ4v) is 3.57. The summed E-state index contributed by atoms with van der Waals surface area (Å²) in [6.45, 7) is 0.193. The molecular weight excluding hydrogens is 369 g/mol. The Hall–Kier alpha value is -3.73. The van der Waals surface area contributed by atoms with Crippen molar-refractivity contribution >= 4 is 17.4 Å². The van der Waals surface area contributed by atoms with Gasteiger partial charge in [-0.05, 0) is 23.3 Å². The zero-order valence-electron chi connectivity index (χ0n) is 15.5. The van der Waals surface area contributed by atoms with Crippen molar-refractivity contribution in [1.82, 2.24) is 4.90 Å². The first-order valence-corrected chi connectivity index (χ1v) is 9.19. The van der Waals surface area contributed by atoms with Crippen LogP contribution in [0.2, 0.25) is 0 Å². The monoisotopic (exact) mass is 387 g/mol. The van der Waals surface area contributed by atoms with Crippen LogP contribution in [0, 0.1) is 5.82 Å². The number of benzene rings is 3. The molecule has 1 aliphatic rings. The first kappa shape index (κ1) is 18.6. The van der Waals surface area contributed by atoms with E-state index in [-0.39, 0.29) is 17.9 Å². The normalized spacial score (nSPS) is 18.2. The highest BCUT2D eigenvalue weighted by molar-refractivity contribution is 6.46. The van der Waals surface area contributed by atoms with Crippen LogP contribution in [-0.4, -0.2) is 21.7 Å². The number of ketones is 1. The molecule has 0 bridgehead atoms. The number of hydrogen-bond donors (Lipinski definition) is 1. The minimum absolute atomic E-state index is 0.00346. The Morgan fingerprint density at radius 3 is 2.07 bits per heavy atom. The average molecular weight is 387 g/mol. The largest absolute Gasteiger partial charge is 0.507 e. The number of rotatable bonds is 4. The highest BCUT2D eigenvalue weighted by Crippen LogP contribution is 2.40. The molecular formula is C24H18FNO3. The van der Waals surface area contributed by atoms with Crippen LogP contribution in [0.5, 0.6) is 0 Å². The van der Waals surface area contributed by atoms with E-state index >= 15 is 0 Å². The van der Waals surface area contributed by atoms with Crippen molar-refractivity contribution in [2.75, 3.05) is 0 Å². The van der Waals surface area contributed by atoms with Gasteiger partial charge in [0.1, 0.15) is 11.6 Å². The summed E-state index contributed by atoms with van der Waals surface area (Å²) in [6, 6.07) is 22.7. The van der Waals surface area contributed by atoms with Gasteiger partial charge in [0, 0.05) is 12.1 Å². The lowest BCUT2D eigenvalue weighted by Gasteiger charge is -2.25. The fraction of sp³-hybridized carbons (Fsp3) is 0.0833. The molecule has 144 valence electrons. The van der Waals surface area contributed by atoms with E-state index in [1.807, 2.05) is 30.3 Å². The van der Waals surface area contributed by atoms with Gasteiger partial charge in [-0.3, -0.25) is 9.59 Å². The maximum absolute atomic E-state index is 13.5. The van der Waals surface area contributed by atoms with Gasteiger partial charge in [-0.25, -0.2) is 4.39 Å². The first-order chi connectivity index (χ1) is 14.1. The molecule has 4 rings (SSSR count). The number of aliphatic hydroxyl groups excluding tert-OH is 1. The van der Waals surface area contributed by atoms with Gasteiger partial charge in [0.2, 0.25) is 0 Å². The quantitative estimate of drug-likeness (QED) is 0.409. The summed E-state index contributed by atoms with van der Waals surface area (Å²) >= 11 is 0. The molecule has 0 radical (unpaired) electrons. The highest BCUT2D eigenvalue weighted by atomic mass is 19.1. The molecule has 1 atom stereocenters. The number of carbonyl (C=O) groups is 2. The van der Waals surface area contributed by atoms with E-state index in [4.69, 9.17) is 0 Å². The van der Waals surface area contributed by atoms with Crippen molar-refractivity contribution < 1.29 is 19.1 Å². The second-order valence-corrected chi connectivity index (χ2v) is 6.83. The molecule has 5 heteroatoms. The molecule has 29 heavy (non-hydrogen) atoms. The van der Waals surface area contributed by atoms with Crippen LogP contribution in [0.25, 0.3) is 5.76 Å². The van der Waals surface area contributed by atoms with Crippen LogP contribution in [-0.2, 0) is 16.1 Å². The zero-order chi connectivity index (χ0) is 20.4. The van der Waals surface area contributed by atoms with Crippen molar-refractivity contribution in [3.05, 3.63) is 113 Å². The van der Waals surface area contributed by atoms with E-state index < -0.39 is 23.5 Å². The number of aliphatic hydroxyl groups is 1. The minimum Gasteiger partial charge on any atom is -0.507 e. The number of halogens is 1. The molecule has 3 aromatic carbocycles. The summed E-state index contributed by atoms with van der Waals surface area (Å²) in [4.78, 5) is 27.2. The molecule has 0 spiro atoms. The van der Waals surface area contributed by atoms with Gasteiger partial charge in [0.25, 0.3) is 11.7 Å². The van der Waals surface area contributed by atoms with Gasteiger partial charge >= 0.3 is 0 Å². The van der Waals surface area contributed by atoms with Crippen molar-refractivity contribution in [3.63, 3.8) is 0 Å². The molecule has 3 aromatic rings. The second kappa shape index (κ2) is 7.72. The molecule has 1 N–H and O–H groups in total. The second-order valence-electron chi connectivity index (χ2n) is 6.83. The molecule has 1 saturated heterocycles. The number of carbonyl (C=O) groups excluding carboxylic acids is 2. The van der Waals surface area contributed by atoms with Crippen LogP contribution in [0.15, 0.2) is 90.5 Å². The maximum Gasteiger partial charge on any atom is 0.295 e. The molecule has 1 fully saturated rings. The Morgan fingerprint density at radius 1 is 0.862 bits per heavy atom. The number of likely N-dealkylation sites (tertiary alicyclic amines) is 1. The van der Waals surface area contributed by atoms with Gasteiger partial charge in [-0.1, -0.05) is 72.8 Å². The Kier molecular flexibility index (Phi) is 4.96. The third-order valence-corrected chi connectivity index (χ3v) is 4.97. The van der Waals surface area contributed by atoms with E-state index in [2.05, 4.69) is 0 Å². The Morgan fingerprint density at radius 2 is 1.45 bits per heavy atom. The summed E-state index contributed by atoms with van der Waals surface area (Å²) in [5, 5.41) is 10.9. The van der Waals surface area contributed by atoms with Crippen LogP contribution >= 0.6 is 0 Å². The molecule has 0 saturated carbocycles. The smallest absolute Gasteiger partial charge is 0.295 e. The molecule has 0 aliphatic carbocycles. The lowest BCUT2D eigenvalue weighted by molar-refractivity contribution is -0.140. The van der Waals surface area contributed by atoms with Gasteiger partial charge in [0.15, 0.2) is 0 Å². The molecule has 0 aromatic heterocycles. The van der Waals surface area contributed by atoms with E-state index in [9.17, 15) is 19.1 Å². The van der Waals surface area contributed by atoms with Gasteiger partial charge < -0.3 is 10.0 Å². The minimum atomic E-state index is -0.809. The van der Waals surface area contributed by atoms with Gasteiger partial charge in [-0.2, -0.15) is 0 Å². The van der Waals surface area contributed by atoms with E-state index in [1.165, 1.54) is 29.2 Å². The fourth-order valence-electron chi connectivity index (χ4n) is 3.57. The molecule has 1 heterocycles. The van der Waals surface area contributed by atoms with Gasteiger partial charge in [-0.15, -0.1) is 0 Å². The summed E-state index contributed by atoms with van der Waals surface area (Å²) in [5.74, 6) is -2.11. The van der Waals surface area contributed by atoms with Crippen LogP contribution in [0.3, 0.4) is 0 Å². The average Bonchev–Trinajstić information content (AvgIpc) is 3.00. The van der Waals surface area contributed by atoms with Crippen LogP contribution in [0.4, 0.5) is 4.39 Å². The van der Waals surface area contributed by atoms with Crippen LogP contribution in [0.1, 0.15) is 22.7 Å². The molecule has 4 nitrogen and oxygen atoms in total. The van der Waals surface area contributed by atoms with Gasteiger partial charge in [0.05, 0.1) is 11.6 Å². The van der Waals surface area contributed by atoms with E-state index in [1.54, 1.807) is 30.3 Å². The maximum atomic E-state index is 13.5. The van der Waals surface area contributed by atoms with Crippen molar-refractivity contribution in [2.45, 2.75) is 12.6 Å². The topological polar surface area (TPSA) is 57.6 Å². The van der Waals surface area contributed by atoms with Crippen LogP contribution < -0.4 is 0 Å². The summed E-state index contributed by atoms with van der Waals surface area (Å²) in [5.41, 5.74) is 1.85. The summed E-state index contributed by atoms with van der Waals surface area (Å²) in [6.07, 6.45) is 0. The lowest BCUT2D eigenvalue weighted by Crippen LogP contribution is -2.29. The third kappa shape index (κ3) is 3.55. The number of nitrogens with zero attached hydrogens (tertiary/aromatic N) is 1. The van der Waals surface area contributed by atoms with E-state index in [0.717, 1.165) is 5.56 Å². The number of amides is 1. The Bertz CT molecular complexity index is 1080. The third-order valence-electron chi connectivity index (χ3n) is 4.97. The summed E-state index contributed by atoms with van der Waals surface area (Å²) in [7, 11) is 0. The Balaban J connectivity index is 1.86. The van der Waals surface area contributed by atoms with Crippen molar-refractivity contribution in [3.8, 4) is 0 Å². The first-order valence-electron chi connectivity index (χ1n) is 9.19. The summed E-state index contributed by atoms with van der Waals surface area (Å²) < 4.78 is 13.5. The predicted octanol–water partition coefficient (Wildman–Crippen LogP) is 4.45. The standard InChI is InChI=1S/C24H18FNO3/c25-19-13-11-17(12-14-19)21-20(22(27)18-9-5-2-6-10-18)23(28)24(29)26(21)15-16-7-3-1-4-8-16/h1-14,21,27H,15H2/b22-20-. The highest BCUT2D eigenvalue weighted by Gasteiger charge is 2.46. The zero-order valence-corrected chi connectivity index (χ0v) is 15.5. The number of Topliss-reactive ketones (excluding diaryl/α,β-unsaturated/α-hetero) is 1. The predicted molar refractivity (Wildman–Crippen MR) is 107 cm³/mol. The van der Waals surface area contributed by atoms with E-state index in [0.29, 0.717) is 11.1 Å². The van der Waals surface area contributed by atoms with Crippen molar-refractivity contribution in [1.29, 1.82) is 0 Å². The molecule has 1 unspecified atom stereocenters. The lowest BCUT2D eigenvalue weighted by atomic mass is 9.95. The molecule has 1 amide bonds. The molecule has 1 aliphatic heterocycles. The van der Waals surface area contributed by atoms with Crippen molar-refractivity contribution in [2.24, 2.45) is 0 Å². The SMILES string of the molecule is O=C1C(=O)N(Cc2ccccc2)C(c2ccc(F)cc2)/C1=C(/O)c1ccccc1. The Labute approximate surface area is 167 Å². The number of hydrogen-bond acceptors (Lipinski definition) is 3.